The van der Waals surface area contributed by atoms with Crippen LogP contribution in [0.2, 0.25) is 0 Å². The summed E-state index contributed by atoms with van der Waals surface area (Å²) in [5, 5.41) is 3.03. The monoisotopic (exact) mass is 294 g/mol. The van der Waals surface area contributed by atoms with E-state index in [1.165, 1.54) is 0 Å². The Bertz CT molecular complexity index is 443. The van der Waals surface area contributed by atoms with Crippen molar-refractivity contribution in [1.29, 1.82) is 0 Å². The Balaban J connectivity index is 1.58. The summed E-state index contributed by atoms with van der Waals surface area (Å²) in [5.41, 5.74) is -0.949. The van der Waals surface area contributed by atoms with Gasteiger partial charge in [-0.1, -0.05) is 13.8 Å². The van der Waals surface area contributed by atoms with Crippen LogP contribution in [0.5, 0.6) is 0 Å². The van der Waals surface area contributed by atoms with Crippen LogP contribution in [0.1, 0.15) is 33.1 Å². The molecule has 3 rings (SSSR count). The number of ether oxygens (including phenoxy) is 1. The number of ketones is 1. The Morgan fingerprint density at radius 1 is 1.38 bits per heavy atom. The zero-order valence-corrected chi connectivity index (χ0v) is 13.1. The van der Waals surface area contributed by atoms with E-state index in [1.807, 2.05) is 0 Å². The van der Waals surface area contributed by atoms with Crippen molar-refractivity contribution in [1.82, 2.24) is 10.2 Å². The lowest BCUT2D eigenvalue weighted by Gasteiger charge is -2.35. The molecule has 3 aliphatic rings. The number of fused-ring (bicyclic) bond motifs is 2. The Hall–Kier alpha value is -0.940. The van der Waals surface area contributed by atoms with E-state index in [1.54, 1.807) is 0 Å². The molecule has 1 saturated heterocycles. The number of rotatable bonds is 4. The fraction of sp³-hybridized carbons (Fsp3) is 0.875. The van der Waals surface area contributed by atoms with Gasteiger partial charge in [0.15, 0.2) is 0 Å². The largest absolute Gasteiger partial charge is 0.379 e. The molecule has 2 unspecified atom stereocenters. The van der Waals surface area contributed by atoms with Gasteiger partial charge in [-0.15, -0.1) is 0 Å². The van der Waals surface area contributed by atoms with E-state index < -0.39 is 5.41 Å². The third kappa shape index (κ3) is 2.21. The Labute approximate surface area is 126 Å². The van der Waals surface area contributed by atoms with Gasteiger partial charge in [-0.05, 0) is 24.2 Å². The normalized spacial score (nSPS) is 35.1. The first-order valence-electron chi connectivity index (χ1n) is 8.10. The zero-order chi connectivity index (χ0) is 15.1. The number of carbonyl (C=O) groups is 2. The molecule has 21 heavy (non-hydrogen) atoms. The predicted molar refractivity (Wildman–Crippen MR) is 78.8 cm³/mol. The van der Waals surface area contributed by atoms with Crippen molar-refractivity contribution in [2.24, 2.45) is 16.7 Å². The van der Waals surface area contributed by atoms with Crippen LogP contribution in [0.4, 0.5) is 0 Å². The summed E-state index contributed by atoms with van der Waals surface area (Å²) in [6.07, 6.45) is 2.33. The number of carbonyl (C=O) groups excluding carboxylic acids is 2. The van der Waals surface area contributed by atoms with Crippen LogP contribution >= 0.6 is 0 Å². The minimum atomic E-state index is -0.761. The topological polar surface area (TPSA) is 58.6 Å². The molecule has 2 saturated carbocycles. The first-order chi connectivity index (χ1) is 9.98. The summed E-state index contributed by atoms with van der Waals surface area (Å²) >= 11 is 0. The molecule has 0 spiro atoms. The molecular formula is C16H26N2O3. The highest BCUT2D eigenvalue weighted by Crippen LogP contribution is 2.63. The van der Waals surface area contributed by atoms with E-state index in [-0.39, 0.29) is 17.1 Å². The van der Waals surface area contributed by atoms with Crippen LogP contribution in [0.15, 0.2) is 0 Å². The lowest BCUT2D eigenvalue weighted by Crippen LogP contribution is -2.51. The lowest BCUT2D eigenvalue weighted by atomic mass is 9.68. The van der Waals surface area contributed by atoms with Gasteiger partial charge in [0, 0.05) is 32.6 Å². The summed E-state index contributed by atoms with van der Waals surface area (Å²) in [5.74, 6) is 0.508. The van der Waals surface area contributed by atoms with Crippen LogP contribution < -0.4 is 5.32 Å². The average Bonchev–Trinajstić information content (AvgIpc) is 2.83. The van der Waals surface area contributed by atoms with E-state index in [9.17, 15) is 9.59 Å². The molecule has 0 aromatic heterocycles. The Morgan fingerprint density at radius 3 is 2.67 bits per heavy atom. The summed E-state index contributed by atoms with van der Waals surface area (Å²) < 4.78 is 5.32. The molecule has 1 aliphatic heterocycles. The summed E-state index contributed by atoms with van der Waals surface area (Å²) in [4.78, 5) is 27.4. The van der Waals surface area contributed by atoms with Crippen LogP contribution in [0.25, 0.3) is 0 Å². The lowest BCUT2D eigenvalue weighted by molar-refractivity contribution is -0.145. The first-order valence-corrected chi connectivity index (χ1v) is 8.10. The van der Waals surface area contributed by atoms with Gasteiger partial charge >= 0.3 is 0 Å². The van der Waals surface area contributed by atoms with Crippen molar-refractivity contribution in [3.8, 4) is 0 Å². The third-order valence-electron chi connectivity index (χ3n) is 6.10. The minimum absolute atomic E-state index is 0.0363. The van der Waals surface area contributed by atoms with Gasteiger partial charge in [-0.25, -0.2) is 0 Å². The van der Waals surface area contributed by atoms with Gasteiger partial charge in [-0.3, -0.25) is 14.5 Å². The van der Waals surface area contributed by atoms with Gasteiger partial charge in [0.1, 0.15) is 11.2 Å². The number of amides is 1. The molecule has 118 valence electrons. The maximum Gasteiger partial charge on any atom is 0.234 e. The number of nitrogens with zero attached hydrogens (tertiary/aromatic N) is 1. The molecule has 0 aromatic rings. The summed E-state index contributed by atoms with van der Waals surface area (Å²) in [6.45, 7) is 9.03. The van der Waals surface area contributed by atoms with E-state index in [4.69, 9.17) is 4.74 Å². The number of morpholine rings is 1. The molecule has 1 N–H and O–H groups in total. The maximum atomic E-state index is 12.7. The van der Waals surface area contributed by atoms with Crippen molar-refractivity contribution in [3.63, 3.8) is 0 Å². The van der Waals surface area contributed by atoms with E-state index in [2.05, 4.69) is 24.1 Å². The van der Waals surface area contributed by atoms with Crippen molar-refractivity contribution in [2.45, 2.75) is 33.1 Å². The highest BCUT2D eigenvalue weighted by Gasteiger charge is 2.67. The fourth-order valence-corrected chi connectivity index (χ4v) is 4.51. The molecule has 0 radical (unpaired) electrons. The van der Waals surface area contributed by atoms with Crippen molar-refractivity contribution < 1.29 is 14.3 Å². The molecule has 2 atom stereocenters. The third-order valence-corrected chi connectivity index (χ3v) is 6.10. The summed E-state index contributed by atoms with van der Waals surface area (Å²) in [6, 6.07) is 0. The van der Waals surface area contributed by atoms with Crippen molar-refractivity contribution >= 4 is 11.7 Å². The Morgan fingerprint density at radius 2 is 2.10 bits per heavy atom. The molecule has 5 heteroatoms. The quantitative estimate of drug-likeness (QED) is 0.780. The number of hydrogen-bond acceptors (Lipinski definition) is 4. The number of Topliss-reactive ketones (excluding diaryl/α,β-unsaturated/α-hetero) is 1. The molecular weight excluding hydrogens is 268 g/mol. The van der Waals surface area contributed by atoms with Gasteiger partial charge in [0.05, 0.1) is 13.2 Å². The fourth-order valence-electron chi connectivity index (χ4n) is 4.51. The van der Waals surface area contributed by atoms with Crippen molar-refractivity contribution in [3.05, 3.63) is 0 Å². The molecule has 1 amide bonds. The van der Waals surface area contributed by atoms with Gasteiger partial charge in [-0.2, -0.15) is 0 Å². The molecule has 0 aromatic carbocycles. The van der Waals surface area contributed by atoms with Gasteiger partial charge in [0.2, 0.25) is 5.91 Å². The molecule has 5 nitrogen and oxygen atoms in total. The number of nitrogens with one attached hydrogen (secondary N) is 1. The van der Waals surface area contributed by atoms with E-state index in [0.29, 0.717) is 18.9 Å². The predicted octanol–water partition coefficient (Wildman–Crippen LogP) is 0.830. The van der Waals surface area contributed by atoms with Crippen LogP contribution in [0, 0.1) is 16.7 Å². The van der Waals surface area contributed by atoms with Crippen LogP contribution in [-0.2, 0) is 14.3 Å². The molecule has 3 fully saturated rings. The van der Waals surface area contributed by atoms with Crippen LogP contribution in [0.3, 0.4) is 0 Å². The second kappa shape index (κ2) is 5.36. The van der Waals surface area contributed by atoms with Gasteiger partial charge < -0.3 is 10.1 Å². The van der Waals surface area contributed by atoms with E-state index in [0.717, 1.165) is 45.7 Å². The van der Waals surface area contributed by atoms with Gasteiger partial charge in [0.25, 0.3) is 0 Å². The zero-order valence-electron chi connectivity index (χ0n) is 13.1. The average molecular weight is 294 g/mol. The minimum Gasteiger partial charge on any atom is -0.379 e. The maximum absolute atomic E-state index is 12.7. The second-order valence-corrected chi connectivity index (χ2v) is 7.20. The molecule has 2 aliphatic carbocycles. The molecule has 2 bridgehead atoms. The van der Waals surface area contributed by atoms with E-state index >= 15 is 0 Å². The SMILES string of the molecule is CC1(C)C2CCC1(C(=O)NCCN1CCOCC1)C(=O)C2. The second-order valence-electron chi connectivity index (χ2n) is 7.20. The van der Waals surface area contributed by atoms with Crippen LogP contribution in [-0.4, -0.2) is 56.0 Å². The first kappa shape index (κ1) is 15.0. The smallest absolute Gasteiger partial charge is 0.234 e. The summed E-state index contributed by atoms with van der Waals surface area (Å²) in [7, 11) is 0. The number of hydrogen-bond donors (Lipinski definition) is 1. The molecule has 1 heterocycles. The van der Waals surface area contributed by atoms with Crippen molar-refractivity contribution in [2.75, 3.05) is 39.4 Å². The standard InChI is InChI=1S/C16H26N2O3/c1-15(2)12-3-4-16(15,13(19)11-12)14(20)17-5-6-18-7-9-21-10-8-18/h12H,3-11H2,1-2H3,(H,17,20). The Kier molecular flexibility index (Phi) is 3.82. The highest BCUT2D eigenvalue weighted by atomic mass is 16.5. The highest BCUT2D eigenvalue weighted by molar-refractivity contribution is 6.09.